The van der Waals surface area contributed by atoms with Crippen LogP contribution in [-0.4, -0.2) is 66.2 Å². The highest BCUT2D eigenvalue weighted by Gasteiger charge is 2.34. The third-order valence-electron chi connectivity index (χ3n) is 5.42. The van der Waals surface area contributed by atoms with E-state index in [1.54, 1.807) is 4.90 Å². The molecule has 1 atom stereocenters. The van der Waals surface area contributed by atoms with E-state index in [1.807, 2.05) is 65.0 Å². The summed E-state index contributed by atoms with van der Waals surface area (Å²) in [7, 11) is 0. The van der Waals surface area contributed by atoms with Crippen LogP contribution in [0.5, 0.6) is 0 Å². The molecule has 0 saturated carbocycles. The van der Waals surface area contributed by atoms with Crippen LogP contribution in [0, 0.1) is 5.41 Å². The molecule has 1 aromatic rings. The molecule has 1 amide bonds. The van der Waals surface area contributed by atoms with Crippen molar-refractivity contribution in [3.63, 3.8) is 0 Å². The van der Waals surface area contributed by atoms with Gasteiger partial charge in [-0.05, 0) is 44.7 Å². The Morgan fingerprint density at radius 2 is 1.63 bits per heavy atom. The highest BCUT2D eigenvalue weighted by molar-refractivity contribution is 5.76. The molecule has 1 aliphatic heterocycles. The average Bonchev–Trinajstić information content (AvgIpc) is 2.70. The Kier molecular flexibility index (Phi) is 8.26. The third kappa shape index (κ3) is 7.61. The number of esters is 1. The maximum absolute atomic E-state index is 12.4. The predicted molar refractivity (Wildman–Crippen MR) is 117 cm³/mol. The van der Waals surface area contributed by atoms with E-state index < -0.39 is 17.1 Å². The number of hydrogen-bond acceptors (Lipinski definition) is 6. The standard InChI is InChI=1S/C23H37N3O4/c1-22(2,3)30-21(28)26-15-13-25(14-16-26)12-11-23(4,5)19(24)20(27)29-17-18-9-7-6-8-10-18/h6-10,19H,11-17,24H2,1-5H3/t19-/m1/s1. The fraction of sp³-hybridized carbons (Fsp3) is 0.652. The Bertz CT molecular complexity index is 692. The van der Waals surface area contributed by atoms with Gasteiger partial charge in [0.2, 0.25) is 0 Å². The summed E-state index contributed by atoms with van der Waals surface area (Å²) in [6, 6.07) is 8.89. The van der Waals surface area contributed by atoms with E-state index in [0.717, 1.165) is 31.6 Å². The minimum absolute atomic E-state index is 0.232. The van der Waals surface area contributed by atoms with Gasteiger partial charge >= 0.3 is 12.1 Å². The van der Waals surface area contributed by atoms with Crippen LogP contribution in [0.3, 0.4) is 0 Å². The number of amides is 1. The summed E-state index contributed by atoms with van der Waals surface area (Å²) in [6.45, 7) is 13.5. The third-order valence-corrected chi connectivity index (χ3v) is 5.42. The fourth-order valence-electron chi connectivity index (χ4n) is 3.22. The van der Waals surface area contributed by atoms with Crippen LogP contribution in [0.2, 0.25) is 0 Å². The lowest BCUT2D eigenvalue weighted by atomic mass is 9.81. The number of ether oxygens (including phenoxy) is 2. The molecule has 0 aromatic heterocycles. The minimum Gasteiger partial charge on any atom is -0.460 e. The molecule has 0 bridgehead atoms. The van der Waals surface area contributed by atoms with Gasteiger partial charge in [-0.2, -0.15) is 0 Å². The van der Waals surface area contributed by atoms with Crippen LogP contribution in [0.1, 0.15) is 46.6 Å². The molecule has 1 aromatic carbocycles. The van der Waals surface area contributed by atoms with E-state index in [9.17, 15) is 9.59 Å². The molecular weight excluding hydrogens is 382 g/mol. The monoisotopic (exact) mass is 419 g/mol. The highest BCUT2D eigenvalue weighted by Crippen LogP contribution is 2.26. The van der Waals surface area contributed by atoms with Crippen molar-refractivity contribution in [2.75, 3.05) is 32.7 Å². The lowest BCUT2D eigenvalue weighted by Crippen LogP contribution is -2.51. The summed E-state index contributed by atoms with van der Waals surface area (Å²) in [4.78, 5) is 28.7. The van der Waals surface area contributed by atoms with Crippen LogP contribution in [-0.2, 0) is 20.9 Å². The molecule has 1 aliphatic rings. The molecule has 1 fully saturated rings. The van der Waals surface area contributed by atoms with E-state index in [2.05, 4.69) is 4.90 Å². The second-order valence-corrected chi connectivity index (χ2v) is 9.62. The van der Waals surface area contributed by atoms with Gasteiger partial charge in [-0.1, -0.05) is 44.2 Å². The van der Waals surface area contributed by atoms with Gasteiger partial charge in [-0.3, -0.25) is 9.69 Å². The zero-order valence-electron chi connectivity index (χ0n) is 19.0. The van der Waals surface area contributed by atoms with Gasteiger partial charge in [-0.15, -0.1) is 0 Å². The first-order valence-electron chi connectivity index (χ1n) is 10.6. The van der Waals surface area contributed by atoms with Crippen molar-refractivity contribution >= 4 is 12.1 Å². The SMILES string of the molecule is CC(C)(C)OC(=O)N1CCN(CCC(C)(C)[C@H](N)C(=O)OCc2ccccc2)CC1. The topological polar surface area (TPSA) is 85.1 Å². The second-order valence-electron chi connectivity index (χ2n) is 9.62. The van der Waals surface area contributed by atoms with Crippen LogP contribution in [0.4, 0.5) is 4.79 Å². The number of piperazine rings is 1. The summed E-state index contributed by atoms with van der Waals surface area (Å²) in [5.41, 5.74) is 6.30. The van der Waals surface area contributed by atoms with Gasteiger partial charge in [0, 0.05) is 26.2 Å². The van der Waals surface area contributed by atoms with E-state index in [4.69, 9.17) is 15.2 Å². The number of nitrogens with zero attached hydrogens (tertiary/aromatic N) is 2. The summed E-state index contributed by atoms with van der Waals surface area (Å²) in [5.74, 6) is -0.376. The van der Waals surface area contributed by atoms with Gasteiger partial charge < -0.3 is 20.1 Å². The zero-order valence-corrected chi connectivity index (χ0v) is 19.0. The molecule has 0 radical (unpaired) electrons. The average molecular weight is 420 g/mol. The molecule has 1 saturated heterocycles. The number of nitrogens with two attached hydrogens (primary N) is 1. The molecule has 0 aliphatic carbocycles. The quantitative estimate of drug-likeness (QED) is 0.684. The first-order valence-corrected chi connectivity index (χ1v) is 10.6. The van der Waals surface area contributed by atoms with Crippen molar-refractivity contribution in [3.05, 3.63) is 35.9 Å². The molecule has 0 unspecified atom stereocenters. The van der Waals surface area contributed by atoms with Crippen molar-refractivity contribution in [3.8, 4) is 0 Å². The minimum atomic E-state index is -0.690. The molecule has 30 heavy (non-hydrogen) atoms. The number of rotatable bonds is 7. The second kappa shape index (κ2) is 10.3. The first-order chi connectivity index (χ1) is 14.0. The van der Waals surface area contributed by atoms with E-state index in [-0.39, 0.29) is 18.7 Å². The number of carbonyl (C=O) groups is 2. The smallest absolute Gasteiger partial charge is 0.410 e. The van der Waals surface area contributed by atoms with Crippen LogP contribution in [0.25, 0.3) is 0 Å². The molecule has 2 rings (SSSR count). The van der Waals surface area contributed by atoms with Gasteiger partial charge in [0.25, 0.3) is 0 Å². The summed E-state index contributed by atoms with van der Waals surface area (Å²) in [5, 5.41) is 0. The Hall–Kier alpha value is -2.12. The first kappa shape index (κ1) is 24.2. The van der Waals surface area contributed by atoms with Gasteiger partial charge in [-0.25, -0.2) is 4.79 Å². The van der Waals surface area contributed by atoms with Gasteiger partial charge in [0.15, 0.2) is 0 Å². The Balaban J connectivity index is 1.75. The Morgan fingerprint density at radius 1 is 1.03 bits per heavy atom. The van der Waals surface area contributed by atoms with Crippen molar-refractivity contribution in [2.45, 2.75) is 59.3 Å². The van der Waals surface area contributed by atoms with Crippen molar-refractivity contribution in [2.24, 2.45) is 11.1 Å². The summed E-state index contributed by atoms with van der Waals surface area (Å²) in [6.07, 6.45) is 0.506. The van der Waals surface area contributed by atoms with Gasteiger partial charge in [0.1, 0.15) is 18.2 Å². The number of carbonyl (C=O) groups excluding carboxylic acids is 2. The van der Waals surface area contributed by atoms with Crippen molar-refractivity contribution < 1.29 is 19.1 Å². The lowest BCUT2D eigenvalue weighted by molar-refractivity contribution is -0.149. The molecule has 0 spiro atoms. The van der Waals surface area contributed by atoms with E-state index >= 15 is 0 Å². The fourth-order valence-corrected chi connectivity index (χ4v) is 3.22. The molecule has 168 valence electrons. The number of benzene rings is 1. The van der Waals surface area contributed by atoms with Gasteiger partial charge in [0.05, 0.1) is 0 Å². The highest BCUT2D eigenvalue weighted by atomic mass is 16.6. The molecular formula is C23H37N3O4. The van der Waals surface area contributed by atoms with Crippen molar-refractivity contribution in [1.29, 1.82) is 0 Å². The van der Waals surface area contributed by atoms with E-state index in [0.29, 0.717) is 13.1 Å². The van der Waals surface area contributed by atoms with Crippen molar-refractivity contribution in [1.82, 2.24) is 9.80 Å². The maximum Gasteiger partial charge on any atom is 0.410 e. The molecule has 2 N–H and O–H groups in total. The van der Waals surface area contributed by atoms with Crippen LogP contribution < -0.4 is 5.73 Å². The summed E-state index contributed by atoms with van der Waals surface area (Å²) >= 11 is 0. The Morgan fingerprint density at radius 3 is 2.20 bits per heavy atom. The summed E-state index contributed by atoms with van der Waals surface area (Å²) < 4.78 is 10.9. The largest absolute Gasteiger partial charge is 0.460 e. The zero-order chi connectivity index (χ0) is 22.4. The van der Waals surface area contributed by atoms with Crippen LogP contribution in [0.15, 0.2) is 30.3 Å². The molecule has 1 heterocycles. The predicted octanol–water partition coefficient (Wildman–Crippen LogP) is 3.03. The van der Waals surface area contributed by atoms with Crippen LogP contribution >= 0.6 is 0 Å². The molecule has 7 nitrogen and oxygen atoms in total. The Labute approximate surface area is 180 Å². The molecule has 7 heteroatoms. The number of hydrogen-bond donors (Lipinski definition) is 1. The van der Waals surface area contributed by atoms with E-state index in [1.165, 1.54) is 0 Å². The normalized spacial score (nSPS) is 16.8. The maximum atomic E-state index is 12.4. The lowest BCUT2D eigenvalue weighted by Gasteiger charge is -2.37.